The number of methoxy groups -OCH3 is 2. The van der Waals surface area contributed by atoms with Gasteiger partial charge < -0.3 is 19.5 Å². The molecule has 3 rings (SSSR count). The highest BCUT2D eigenvalue weighted by Crippen LogP contribution is 2.26. The van der Waals surface area contributed by atoms with Gasteiger partial charge in [0.15, 0.2) is 6.61 Å². The summed E-state index contributed by atoms with van der Waals surface area (Å²) in [6, 6.07) is 22.5. The molecule has 0 radical (unpaired) electrons. The third-order valence-electron chi connectivity index (χ3n) is 4.59. The summed E-state index contributed by atoms with van der Waals surface area (Å²) in [4.78, 5) is 12.6. The molecular formula is C24H25NO4. The Bertz CT molecular complexity index is 871. The van der Waals surface area contributed by atoms with Gasteiger partial charge in [0.2, 0.25) is 0 Å². The van der Waals surface area contributed by atoms with Gasteiger partial charge in [-0.15, -0.1) is 0 Å². The van der Waals surface area contributed by atoms with Crippen LogP contribution in [0.15, 0.2) is 72.8 Å². The summed E-state index contributed by atoms with van der Waals surface area (Å²) in [6.45, 7) is 1.94. The Morgan fingerprint density at radius 2 is 1.21 bits per heavy atom. The summed E-state index contributed by atoms with van der Waals surface area (Å²) in [7, 11) is 3.25. The smallest absolute Gasteiger partial charge is 0.258 e. The minimum absolute atomic E-state index is 0.0636. The number of aryl methyl sites for hydroxylation is 1. The number of hydrogen-bond donors (Lipinski definition) is 1. The molecule has 1 N–H and O–H groups in total. The summed E-state index contributed by atoms with van der Waals surface area (Å²) < 4.78 is 16.1. The summed E-state index contributed by atoms with van der Waals surface area (Å²) in [5, 5.41) is 3.06. The molecule has 0 aliphatic rings. The average molecular weight is 391 g/mol. The van der Waals surface area contributed by atoms with Crippen LogP contribution in [0.3, 0.4) is 0 Å². The van der Waals surface area contributed by atoms with Crippen molar-refractivity contribution in [3.8, 4) is 17.2 Å². The summed E-state index contributed by atoms with van der Waals surface area (Å²) in [6.07, 6.45) is 0. The van der Waals surface area contributed by atoms with Crippen molar-refractivity contribution in [1.29, 1.82) is 0 Å². The SMILES string of the molecule is COc1ccc(C(NC(=O)COc2ccc(C)cc2)c2ccc(OC)cc2)cc1. The zero-order valence-corrected chi connectivity index (χ0v) is 16.8. The molecule has 0 unspecified atom stereocenters. The van der Waals surface area contributed by atoms with Crippen LogP contribution in [0, 0.1) is 6.92 Å². The summed E-state index contributed by atoms with van der Waals surface area (Å²) in [5.41, 5.74) is 3.03. The van der Waals surface area contributed by atoms with Gasteiger partial charge in [0.05, 0.1) is 20.3 Å². The van der Waals surface area contributed by atoms with Crippen LogP contribution in [0.25, 0.3) is 0 Å². The van der Waals surface area contributed by atoms with Crippen LogP contribution in [0.1, 0.15) is 22.7 Å². The van der Waals surface area contributed by atoms with Gasteiger partial charge in [-0.25, -0.2) is 0 Å². The maximum Gasteiger partial charge on any atom is 0.258 e. The number of amides is 1. The predicted octanol–water partition coefficient (Wildman–Crippen LogP) is 4.30. The number of benzene rings is 3. The molecule has 3 aromatic carbocycles. The van der Waals surface area contributed by atoms with Crippen molar-refractivity contribution in [2.24, 2.45) is 0 Å². The molecule has 0 bridgehead atoms. The van der Waals surface area contributed by atoms with Gasteiger partial charge in [-0.1, -0.05) is 42.0 Å². The van der Waals surface area contributed by atoms with E-state index in [-0.39, 0.29) is 18.6 Å². The summed E-state index contributed by atoms with van der Waals surface area (Å²) >= 11 is 0. The van der Waals surface area contributed by atoms with E-state index in [9.17, 15) is 4.79 Å². The molecule has 0 aromatic heterocycles. The Hall–Kier alpha value is -3.47. The van der Waals surface area contributed by atoms with Crippen molar-refractivity contribution in [2.45, 2.75) is 13.0 Å². The standard InChI is InChI=1S/C24H25NO4/c1-17-4-10-22(11-5-17)29-16-23(26)25-24(18-6-12-20(27-2)13-7-18)19-8-14-21(28-3)15-9-19/h4-15,24H,16H2,1-3H3,(H,25,26). The van der Waals surface area contributed by atoms with Gasteiger partial charge in [0.1, 0.15) is 17.2 Å². The van der Waals surface area contributed by atoms with E-state index >= 15 is 0 Å². The number of carbonyl (C=O) groups excluding carboxylic acids is 1. The highest BCUT2D eigenvalue weighted by molar-refractivity contribution is 5.78. The Morgan fingerprint density at radius 1 is 0.759 bits per heavy atom. The number of rotatable bonds is 8. The van der Waals surface area contributed by atoms with Gasteiger partial charge in [-0.3, -0.25) is 4.79 Å². The molecule has 5 nitrogen and oxygen atoms in total. The maximum absolute atomic E-state index is 12.6. The number of carbonyl (C=O) groups is 1. The quantitative estimate of drug-likeness (QED) is 0.622. The van der Waals surface area contributed by atoms with Crippen LogP contribution in [0.5, 0.6) is 17.2 Å². The zero-order valence-electron chi connectivity index (χ0n) is 16.8. The Kier molecular flexibility index (Phi) is 6.74. The van der Waals surface area contributed by atoms with Crippen LogP contribution < -0.4 is 19.5 Å². The molecule has 3 aromatic rings. The first-order chi connectivity index (χ1) is 14.1. The molecule has 0 atom stereocenters. The number of ether oxygens (including phenoxy) is 3. The van der Waals surface area contributed by atoms with Crippen molar-refractivity contribution in [3.05, 3.63) is 89.5 Å². The predicted molar refractivity (Wildman–Crippen MR) is 113 cm³/mol. The Morgan fingerprint density at radius 3 is 1.66 bits per heavy atom. The molecule has 1 amide bonds. The van der Waals surface area contributed by atoms with Gasteiger partial charge in [-0.05, 0) is 54.4 Å². The normalized spacial score (nSPS) is 10.5. The fourth-order valence-corrected chi connectivity index (χ4v) is 2.94. The van der Waals surface area contributed by atoms with Crippen LogP contribution in [-0.4, -0.2) is 26.7 Å². The molecule has 0 saturated heterocycles. The molecule has 5 heteroatoms. The molecule has 0 aliphatic carbocycles. The Labute approximate surface area is 171 Å². The van der Waals surface area contributed by atoms with Crippen molar-refractivity contribution in [2.75, 3.05) is 20.8 Å². The lowest BCUT2D eigenvalue weighted by Crippen LogP contribution is -2.33. The van der Waals surface area contributed by atoms with E-state index in [0.29, 0.717) is 5.75 Å². The molecule has 0 fully saturated rings. The number of nitrogens with one attached hydrogen (secondary N) is 1. The van der Waals surface area contributed by atoms with Crippen LogP contribution >= 0.6 is 0 Å². The van der Waals surface area contributed by atoms with Gasteiger partial charge >= 0.3 is 0 Å². The zero-order chi connectivity index (χ0) is 20.6. The largest absolute Gasteiger partial charge is 0.497 e. The van der Waals surface area contributed by atoms with Crippen LogP contribution in [0.2, 0.25) is 0 Å². The van der Waals surface area contributed by atoms with Crippen molar-refractivity contribution >= 4 is 5.91 Å². The average Bonchev–Trinajstić information content (AvgIpc) is 2.77. The minimum atomic E-state index is -0.319. The molecule has 0 spiro atoms. The lowest BCUT2D eigenvalue weighted by atomic mass is 9.98. The van der Waals surface area contributed by atoms with Gasteiger partial charge in [0.25, 0.3) is 5.91 Å². The Balaban J connectivity index is 1.75. The van der Waals surface area contributed by atoms with E-state index in [1.165, 1.54) is 0 Å². The van der Waals surface area contributed by atoms with E-state index in [4.69, 9.17) is 14.2 Å². The minimum Gasteiger partial charge on any atom is -0.497 e. The lowest BCUT2D eigenvalue weighted by Gasteiger charge is -2.20. The van der Waals surface area contributed by atoms with Crippen LogP contribution in [-0.2, 0) is 4.79 Å². The third-order valence-corrected chi connectivity index (χ3v) is 4.59. The van der Waals surface area contributed by atoms with Gasteiger partial charge in [0, 0.05) is 0 Å². The topological polar surface area (TPSA) is 56.8 Å². The maximum atomic E-state index is 12.6. The lowest BCUT2D eigenvalue weighted by molar-refractivity contribution is -0.123. The third kappa shape index (κ3) is 5.51. The van der Waals surface area contributed by atoms with E-state index in [2.05, 4.69) is 5.32 Å². The highest BCUT2D eigenvalue weighted by Gasteiger charge is 2.18. The van der Waals surface area contributed by atoms with E-state index in [1.54, 1.807) is 14.2 Å². The first-order valence-electron chi connectivity index (χ1n) is 9.36. The molecule has 29 heavy (non-hydrogen) atoms. The van der Waals surface area contributed by atoms with Gasteiger partial charge in [-0.2, -0.15) is 0 Å². The summed E-state index contributed by atoms with van der Waals surface area (Å²) in [5.74, 6) is 1.98. The number of hydrogen-bond acceptors (Lipinski definition) is 4. The molecule has 0 aliphatic heterocycles. The molecule has 0 heterocycles. The van der Waals surface area contributed by atoms with E-state index in [1.807, 2.05) is 79.7 Å². The second-order valence-corrected chi connectivity index (χ2v) is 6.65. The van der Waals surface area contributed by atoms with E-state index < -0.39 is 0 Å². The molecule has 150 valence electrons. The van der Waals surface area contributed by atoms with E-state index in [0.717, 1.165) is 28.2 Å². The van der Waals surface area contributed by atoms with Crippen molar-refractivity contribution < 1.29 is 19.0 Å². The molecular weight excluding hydrogens is 366 g/mol. The molecule has 0 saturated carbocycles. The highest BCUT2D eigenvalue weighted by atomic mass is 16.5. The first kappa shape index (κ1) is 20.3. The van der Waals surface area contributed by atoms with Crippen molar-refractivity contribution in [3.63, 3.8) is 0 Å². The monoisotopic (exact) mass is 391 g/mol. The fourth-order valence-electron chi connectivity index (χ4n) is 2.94. The van der Waals surface area contributed by atoms with Crippen molar-refractivity contribution in [1.82, 2.24) is 5.32 Å². The second-order valence-electron chi connectivity index (χ2n) is 6.65. The fraction of sp³-hybridized carbons (Fsp3) is 0.208. The first-order valence-corrected chi connectivity index (χ1v) is 9.36. The second kappa shape index (κ2) is 9.64. The van der Waals surface area contributed by atoms with Crippen LogP contribution in [0.4, 0.5) is 0 Å².